The molecular weight excluding hydrogens is 276 g/mol. The van der Waals surface area contributed by atoms with Crippen LogP contribution in [0.1, 0.15) is 25.0 Å². The minimum Gasteiger partial charge on any atom is -0.508 e. The minimum atomic E-state index is -0.424. The second-order valence-electron chi connectivity index (χ2n) is 5.32. The van der Waals surface area contributed by atoms with Crippen molar-refractivity contribution in [3.8, 4) is 17.1 Å². The lowest BCUT2D eigenvalue weighted by molar-refractivity contribution is 0.475. The first-order chi connectivity index (χ1) is 10.6. The maximum Gasteiger partial charge on any atom is 0.344 e. The van der Waals surface area contributed by atoms with Crippen molar-refractivity contribution in [2.45, 2.75) is 26.7 Å². The van der Waals surface area contributed by atoms with Gasteiger partial charge in [-0.2, -0.15) is 0 Å². The van der Waals surface area contributed by atoms with E-state index in [9.17, 15) is 9.90 Å². The van der Waals surface area contributed by atoms with E-state index in [2.05, 4.69) is 19.9 Å². The normalized spacial score (nSPS) is 11.0. The fourth-order valence-corrected chi connectivity index (χ4v) is 2.92. The molecule has 0 bridgehead atoms. The van der Waals surface area contributed by atoms with E-state index in [1.54, 1.807) is 12.1 Å². The Labute approximate surface area is 128 Å². The average Bonchev–Trinajstić information content (AvgIpc) is 2.54. The lowest BCUT2D eigenvalue weighted by Gasteiger charge is -2.12. The van der Waals surface area contributed by atoms with Crippen molar-refractivity contribution in [2.75, 3.05) is 0 Å². The van der Waals surface area contributed by atoms with Gasteiger partial charge in [-0.25, -0.2) is 4.79 Å². The van der Waals surface area contributed by atoms with Crippen molar-refractivity contribution in [3.05, 3.63) is 64.0 Å². The van der Waals surface area contributed by atoms with E-state index in [1.807, 2.05) is 18.2 Å². The molecule has 3 nitrogen and oxygen atoms in total. The smallest absolute Gasteiger partial charge is 0.344 e. The van der Waals surface area contributed by atoms with Crippen LogP contribution in [-0.4, -0.2) is 5.11 Å². The van der Waals surface area contributed by atoms with Gasteiger partial charge in [-0.3, -0.25) is 0 Å². The molecule has 1 aromatic heterocycles. The summed E-state index contributed by atoms with van der Waals surface area (Å²) in [5, 5.41) is 10.7. The number of hydrogen-bond donors (Lipinski definition) is 1. The van der Waals surface area contributed by atoms with Crippen LogP contribution in [0, 0.1) is 0 Å². The predicted molar refractivity (Wildman–Crippen MR) is 88.3 cm³/mol. The molecule has 0 unspecified atom stereocenters. The van der Waals surface area contributed by atoms with Gasteiger partial charge in [0.05, 0.1) is 5.39 Å². The van der Waals surface area contributed by atoms with Gasteiger partial charge in [0.1, 0.15) is 11.5 Å². The molecule has 0 saturated carbocycles. The summed E-state index contributed by atoms with van der Waals surface area (Å²) in [7, 11) is 0. The fourth-order valence-electron chi connectivity index (χ4n) is 2.92. The van der Waals surface area contributed by atoms with Crippen molar-refractivity contribution in [2.24, 2.45) is 0 Å². The maximum absolute atomic E-state index is 12.2. The third-order valence-corrected chi connectivity index (χ3v) is 4.02. The van der Waals surface area contributed by atoms with Crippen LogP contribution < -0.4 is 5.63 Å². The Bertz CT molecular complexity index is 891. The SMILES string of the molecule is CCc1cccc(-c2cc3ccc(O)cc3c(=O)o2)c1CC. The first-order valence-corrected chi connectivity index (χ1v) is 7.52. The van der Waals surface area contributed by atoms with Gasteiger partial charge in [0.25, 0.3) is 0 Å². The lowest BCUT2D eigenvalue weighted by atomic mass is 9.95. The highest BCUT2D eigenvalue weighted by molar-refractivity contribution is 5.85. The quantitative estimate of drug-likeness (QED) is 0.784. The Morgan fingerprint density at radius 2 is 1.86 bits per heavy atom. The number of aromatic hydroxyl groups is 1. The zero-order valence-corrected chi connectivity index (χ0v) is 12.7. The Balaban J connectivity index is 2.28. The van der Waals surface area contributed by atoms with Gasteiger partial charge in [0.15, 0.2) is 0 Å². The molecule has 112 valence electrons. The molecule has 1 heterocycles. The van der Waals surface area contributed by atoms with E-state index < -0.39 is 5.63 Å². The second kappa shape index (κ2) is 5.68. The molecule has 3 aromatic rings. The third-order valence-electron chi connectivity index (χ3n) is 4.02. The number of aryl methyl sites for hydroxylation is 1. The first kappa shape index (κ1) is 14.4. The van der Waals surface area contributed by atoms with Crippen LogP contribution in [0.5, 0.6) is 5.75 Å². The maximum atomic E-state index is 12.2. The number of phenols is 1. The molecule has 0 spiro atoms. The summed E-state index contributed by atoms with van der Waals surface area (Å²) >= 11 is 0. The number of hydrogen-bond acceptors (Lipinski definition) is 3. The number of benzene rings is 2. The summed E-state index contributed by atoms with van der Waals surface area (Å²) in [6.45, 7) is 4.23. The summed E-state index contributed by atoms with van der Waals surface area (Å²) in [5.74, 6) is 0.644. The zero-order valence-electron chi connectivity index (χ0n) is 12.7. The summed E-state index contributed by atoms with van der Waals surface area (Å²) in [6.07, 6.45) is 1.83. The largest absolute Gasteiger partial charge is 0.508 e. The van der Waals surface area contributed by atoms with Gasteiger partial charge in [-0.1, -0.05) is 38.1 Å². The standard InChI is InChI=1S/C19H18O3/c1-3-12-6-5-7-16(15(12)4-2)18-10-13-8-9-14(20)11-17(13)19(21)22-18/h5-11,20H,3-4H2,1-2H3. The van der Waals surface area contributed by atoms with Gasteiger partial charge in [-0.05, 0) is 47.6 Å². The predicted octanol–water partition coefficient (Wildman–Crippen LogP) is 4.29. The van der Waals surface area contributed by atoms with Crippen molar-refractivity contribution < 1.29 is 9.52 Å². The van der Waals surface area contributed by atoms with Crippen molar-refractivity contribution in [3.63, 3.8) is 0 Å². The molecule has 1 N–H and O–H groups in total. The molecule has 0 atom stereocenters. The van der Waals surface area contributed by atoms with Crippen LogP contribution >= 0.6 is 0 Å². The zero-order chi connectivity index (χ0) is 15.7. The molecule has 22 heavy (non-hydrogen) atoms. The van der Waals surface area contributed by atoms with E-state index in [4.69, 9.17) is 4.42 Å². The summed E-state index contributed by atoms with van der Waals surface area (Å²) < 4.78 is 5.51. The van der Waals surface area contributed by atoms with E-state index in [0.717, 1.165) is 23.8 Å². The van der Waals surface area contributed by atoms with Crippen LogP contribution in [0.2, 0.25) is 0 Å². The minimum absolute atomic E-state index is 0.0646. The van der Waals surface area contributed by atoms with Gasteiger partial charge in [0.2, 0.25) is 0 Å². The van der Waals surface area contributed by atoms with Crippen LogP contribution in [-0.2, 0) is 12.8 Å². The topological polar surface area (TPSA) is 50.4 Å². The second-order valence-corrected chi connectivity index (χ2v) is 5.32. The van der Waals surface area contributed by atoms with E-state index in [1.165, 1.54) is 17.2 Å². The molecule has 0 aliphatic heterocycles. The molecule has 3 heteroatoms. The number of fused-ring (bicyclic) bond motifs is 1. The highest BCUT2D eigenvalue weighted by Gasteiger charge is 2.12. The highest BCUT2D eigenvalue weighted by atomic mass is 16.4. The number of rotatable bonds is 3. The lowest BCUT2D eigenvalue weighted by Crippen LogP contribution is -2.02. The molecule has 0 aliphatic rings. The molecule has 0 fully saturated rings. The van der Waals surface area contributed by atoms with Crippen LogP contribution in [0.3, 0.4) is 0 Å². The van der Waals surface area contributed by atoms with Crippen LogP contribution in [0.25, 0.3) is 22.1 Å². The Kier molecular flexibility index (Phi) is 3.72. The van der Waals surface area contributed by atoms with Crippen molar-refractivity contribution in [1.29, 1.82) is 0 Å². The average molecular weight is 294 g/mol. The third kappa shape index (κ3) is 2.39. The van der Waals surface area contributed by atoms with Crippen molar-refractivity contribution >= 4 is 10.8 Å². The van der Waals surface area contributed by atoms with Crippen LogP contribution in [0.4, 0.5) is 0 Å². The first-order valence-electron chi connectivity index (χ1n) is 7.52. The van der Waals surface area contributed by atoms with Gasteiger partial charge in [-0.15, -0.1) is 0 Å². The summed E-state index contributed by atoms with van der Waals surface area (Å²) in [5.41, 5.74) is 3.03. The number of phenolic OH excluding ortho intramolecular Hbond substituents is 1. The molecule has 0 amide bonds. The van der Waals surface area contributed by atoms with Gasteiger partial charge in [0, 0.05) is 5.56 Å². The Hall–Kier alpha value is -2.55. The molecule has 0 saturated heterocycles. The summed E-state index contributed by atoms with van der Waals surface area (Å²) in [4.78, 5) is 12.2. The summed E-state index contributed by atoms with van der Waals surface area (Å²) in [6, 6.07) is 12.7. The Morgan fingerprint density at radius 1 is 1.05 bits per heavy atom. The monoisotopic (exact) mass is 294 g/mol. The van der Waals surface area contributed by atoms with Gasteiger partial charge < -0.3 is 9.52 Å². The molecule has 2 aromatic carbocycles. The van der Waals surface area contributed by atoms with E-state index in [-0.39, 0.29) is 5.75 Å². The Morgan fingerprint density at radius 3 is 2.59 bits per heavy atom. The molecule has 3 rings (SSSR count). The van der Waals surface area contributed by atoms with Crippen molar-refractivity contribution in [1.82, 2.24) is 0 Å². The molecular formula is C19H18O3. The van der Waals surface area contributed by atoms with E-state index >= 15 is 0 Å². The fraction of sp³-hybridized carbons (Fsp3) is 0.211. The molecule has 0 aliphatic carbocycles. The van der Waals surface area contributed by atoms with E-state index in [0.29, 0.717) is 11.1 Å². The highest BCUT2D eigenvalue weighted by Crippen LogP contribution is 2.29. The van der Waals surface area contributed by atoms with Crippen LogP contribution in [0.15, 0.2) is 51.7 Å². The van der Waals surface area contributed by atoms with Gasteiger partial charge >= 0.3 is 5.63 Å². The molecule has 0 radical (unpaired) electrons.